The summed E-state index contributed by atoms with van der Waals surface area (Å²) in [6, 6.07) is 8.08. The molecule has 2 aromatic rings. The molecule has 1 aromatic heterocycles. The van der Waals surface area contributed by atoms with Crippen LogP contribution in [0.3, 0.4) is 0 Å². The zero-order valence-electron chi connectivity index (χ0n) is 14.2. The summed E-state index contributed by atoms with van der Waals surface area (Å²) in [6.07, 6.45) is 10.9. The number of hydrazone groups is 1. The Morgan fingerprint density at radius 1 is 1.33 bits per heavy atom. The normalized spacial score (nSPS) is 15.1. The Bertz CT molecular complexity index is 743. The van der Waals surface area contributed by atoms with E-state index in [1.807, 2.05) is 25.1 Å². The van der Waals surface area contributed by atoms with Gasteiger partial charge in [-0.1, -0.05) is 18.9 Å². The number of hydrogen-bond acceptors (Lipinski definition) is 3. The van der Waals surface area contributed by atoms with E-state index in [0.717, 1.165) is 11.1 Å². The van der Waals surface area contributed by atoms with E-state index in [2.05, 4.69) is 27.5 Å². The first-order chi connectivity index (χ1) is 11.7. The SMILES string of the molecule is COc1cc(C)ccc1C(=O)N/N=C\c1ccn(C2CCCC2)c1. The maximum Gasteiger partial charge on any atom is 0.275 e. The Kier molecular flexibility index (Phi) is 4.99. The van der Waals surface area contributed by atoms with Gasteiger partial charge in [0.1, 0.15) is 5.75 Å². The Morgan fingerprint density at radius 2 is 2.12 bits per heavy atom. The van der Waals surface area contributed by atoms with Crippen molar-refractivity contribution in [3.05, 3.63) is 53.3 Å². The van der Waals surface area contributed by atoms with Gasteiger partial charge in [0.05, 0.1) is 18.9 Å². The van der Waals surface area contributed by atoms with Crippen LogP contribution in [0.4, 0.5) is 0 Å². The molecule has 1 heterocycles. The topological polar surface area (TPSA) is 55.6 Å². The molecule has 0 aliphatic heterocycles. The first-order valence-corrected chi connectivity index (χ1v) is 8.33. The molecular formula is C19H23N3O2. The molecule has 1 aromatic carbocycles. The molecule has 0 bridgehead atoms. The first kappa shape index (κ1) is 16.3. The number of nitrogens with one attached hydrogen (secondary N) is 1. The van der Waals surface area contributed by atoms with Crippen molar-refractivity contribution >= 4 is 12.1 Å². The molecule has 126 valence electrons. The molecule has 0 spiro atoms. The molecule has 1 amide bonds. The van der Waals surface area contributed by atoms with Crippen LogP contribution in [0.2, 0.25) is 0 Å². The van der Waals surface area contributed by atoms with Crippen molar-refractivity contribution in [3.8, 4) is 5.75 Å². The van der Waals surface area contributed by atoms with Gasteiger partial charge >= 0.3 is 0 Å². The van der Waals surface area contributed by atoms with Crippen molar-refractivity contribution in [2.75, 3.05) is 7.11 Å². The van der Waals surface area contributed by atoms with E-state index < -0.39 is 0 Å². The minimum absolute atomic E-state index is 0.279. The smallest absolute Gasteiger partial charge is 0.275 e. The molecule has 0 unspecified atom stereocenters. The monoisotopic (exact) mass is 325 g/mol. The highest BCUT2D eigenvalue weighted by molar-refractivity contribution is 5.97. The number of carbonyl (C=O) groups is 1. The van der Waals surface area contributed by atoms with Gasteiger partial charge in [0.2, 0.25) is 0 Å². The van der Waals surface area contributed by atoms with E-state index in [-0.39, 0.29) is 5.91 Å². The fraction of sp³-hybridized carbons (Fsp3) is 0.368. The van der Waals surface area contributed by atoms with Gasteiger partial charge in [-0.05, 0) is 43.5 Å². The highest BCUT2D eigenvalue weighted by Crippen LogP contribution is 2.29. The molecule has 0 atom stereocenters. The van der Waals surface area contributed by atoms with E-state index in [9.17, 15) is 4.79 Å². The fourth-order valence-electron chi connectivity index (χ4n) is 3.15. The predicted molar refractivity (Wildman–Crippen MR) is 94.7 cm³/mol. The number of rotatable bonds is 5. The minimum atomic E-state index is -0.279. The van der Waals surface area contributed by atoms with Gasteiger partial charge in [-0.3, -0.25) is 4.79 Å². The number of nitrogens with zero attached hydrogens (tertiary/aromatic N) is 2. The number of amides is 1. The van der Waals surface area contributed by atoms with Gasteiger partial charge in [0.15, 0.2) is 0 Å². The van der Waals surface area contributed by atoms with Crippen molar-refractivity contribution in [3.63, 3.8) is 0 Å². The molecule has 1 fully saturated rings. The number of aromatic nitrogens is 1. The molecule has 1 aliphatic carbocycles. The largest absolute Gasteiger partial charge is 0.496 e. The van der Waals surface area contributed by atoms with Crippen LogP contribution in [0.5, 0.6) is 5.75 Å². The average molecular weight is 325 g/mol. The average Bonchev–Trinajstić information content (AvgIpc) is 3.25. The highest BCUT2D eigenvalue weighted by atomic mass is 16.5. The third kappa shape index (κ3) is 3.67. The Morgan fingerprint density at radius 3 is 2.88 bits per heavy atom. The summed E-state index contributed by atoms with van der Waals surface area (Å²) in [7, 11) is 1.56. The second-order valence-electron chi connectivity index (χ2n) is 6.23. The number of carbonyl (C=O) groups excluding carboxylic acids is 1. The molecule has 24 heavy (non-hydrogen) atoms. The number of ether oxygens (including phenoxy) is 1. The summed E-state index contributed by atoms with van der Waals surface area (Å²) in [5, 5.41) is 4.06. The third-order valence-electron chi connectivity index (χ3n) is 4.46. The van der Waals surface area contributed by atoms with Gasteiger partial charge in [-0.15, -0.1) is 0 Å². The quantitative estimate of drug-likeness (QED) is 0.673. The number of hydrogen-bond donors (Lipinski definition) is 1. The van der Waals surface area contributed by atoms with Crippen molar-refractivity contribution in [2.45, 2.75) is 38.6 Å². The van der Waals surface area contributed by atoms with Crippen LogP contribution < -0.4 is 10.2 Å². The molecule has 1 saturated carbocycles. The molecule has 1 aliphatic rings. The lowest BCUT2D eigenvalue weighted by Gasteiger charge is -2.10. The molecular weight excluding hydrogens is 302 g/mol. The van der Waals surface area contributed by atoms with E-state index in [4.69, 9.17) is 4.74 Å². The zero-order chi connectivity index (χ0) is 16.9. The zero-order valence-corrected chi connectivity index (χ0v) is 14.2. The fourth-order valence-corrected chi connectivity index (χ4v) is 3.15. The second-order valence-corrected chi connectivity index (χ2v) is 6.23. The highest BCUT2D eigenvalue weighted by Gasteiger charge is 2.16. The number of methoxy groups -OCH3 is 1. The van der Waals surface area contributed by atoms with Crippen molar-refractivity contribution in [2.24, 2.45) is 5.10 Å². The lowest BCUT2D eigenvalue weighted by Crippen LogP contribution is -2.18. The van der Waals surface area contributed by atoms with E-state index in [1.165, 1.54) is 25.7 Å². The van der Waals surface area contributed by atoms with Crippen molar-refractivity contribution in [1.29, 1.82) is 0 Å². The van der Waals surface area contributed by atoms with Crippen LogP contribution in [0.15, 0.2) is 41.8 Å². The summed E-state index contributed by atoms with van der Waals surface area (Å²) in [6.45, 7) is 1.96. The predicted octanol–water partition coefficient (Wildman–Crippen LogP) is 3.68. The standard InChI is InChI=1S/C19H23N3O2/c1-14-7-8-17(18(11-14)24-2)19(23)21-20-12-15-9-10-22(13-15)16-5-3-4-6-16/h7-13,16H,3-6H2,1-2H3,(H,21,23)/b20-12-. The van der Waals surface area contributed by atoms with E-state index in [1.54, 1.807) is 19.4 Å². The number of benzene rings is 1. The van der Waals surface area contributed by atoms with Crippen LogP contribution in [0, 0.1) is 6.92 Å². The van der Waals surface area contributed by atoms with Crippen LogP contribution in [-0.2, 0) is 0 Å². The summed E-state index contributed by atoms with van der Waals surface area (Å²) in [5.74, 6) is 0.272. The van der Waals surface area contributed by atoms with Gasteiger partial charge < -0.3 is 9.30 Å². The molecule has 5 heteroatoms. The molecule has 0 radical (unpaired) electrons. The molecule has 5 nitrogen and oxygen atoms in total. The summed E-state index contributed by atoms with van der Waals surface area (Å²) in [4.78, 5) is 12.2. The summed E-state index contributed by atoms with van der Waals surface area (Å²) >= 11 is 0. The summed E-state index contributed by atoms with van der Waals surface area (Å²) < 4.78 is 7.51. The maximum absolute atomic E-state index is 12.2. The molecule has 0 saturated heterocycles. The summed E-state index contributed by atoms with van der Waals surface area (Å²) in [5.41, 5.74) is 5.06. The van der Waals surface area contributed by atoms with E-state index in [0.29, 0.717) is 17.4 Å². The Labute approximate surface area is 142 Å². The second kappa shape index (κ2) is 7.34. The van der Waals surface area contributed by atoms with Crippen LogP contribution >= 0.6 is 0 Å². The lowest BCUT2D eigenvalue weighted by molar-refractivity contribution is 0.0952. The molecule has 3 rings (SSSR count). The van der Waals surface area contributed by atoms with Gasteiger partial charge in [0.25, 0.3) is 5.91 Å². The van der Waals surface area contributed by atoms with Crippen molar-refractivity contribution < 1.29 is 9.53 Å². The van der Waals surface area contributed by atoms with Crippen molar-refractivity contribution in [1.82, 2.24) is 9.99 Å². The maximum atomic E-state index is 12.2. The number of aryl methyl sites for hydroxylation is 1. The van der Waals surface area contributed by atoms with Crippen LogP contribution in [0.1, 0.15) is 53.2 Å². The van der Waals surface area contributed by atoms with Crippen LogP contribution in [0.25, 0.3) is 0 Å². The Hall–Kier alpha value is -2.56. The minimum Gasteiger partial charge on any atom is -0.496 e. The van der Waals surface area contributed by atoms with Gasteiger partial charge in [-0.2, -0.15) is 5.10 Å². The van der Waals surface area contributed by atoms with Gasteiger partial charge in [0, 0.05) is 24.0 Å². The Balaban J connectivity index is 1.62. The third-order valence-corrected chi connectivity index (χ3v) is 4.46. The lowest BCUT2D eigenvalue weighted by atomic mass is 10.1. The van der Waals surface area contributed by atoms with E-state index >= 15 is 0 Å². The van der Waals surface area contributed by atoms with Crippen LogP contribution in [-0.4, -0.2) is 23.8 Å². The first-order valence-electron chi connectivity index (χ1n) is 8.33. The molecule has 1 N–H and O–H groups in total. The van der Waals surface area contributed by atoms with Gasteiger partial charge in [-0.25, -0.2) is 5.43 Å².